The summed E-state index contributed by atoms with van der Waals surface area (Å²) < 4.78 is 1.66. The van der Waals surface area contributed by atoms with Gasteiger partial charge >= 0.3 is 0 Å². The van der Waals surface area contributed by atoms with Gasteiger partial charge in [-0.25, -0.2) is 0 Å². The van der Waals surface area contributed by atoms with Crippen LogP contribution in [0.15, 0.2) is 24.5 Å². The van der Waals surface area contributed by atoms with Gasteiger partial charge in [0.2, 0.25) is 0 Å². The maximum absolute atomic E-state index is 12.0. The van der Waals surface area contributed by atoms with Crippen molar-refractivity contribution in [2.45, 2.75) is 6.92 Å². The molecule has 0 bridgehead atoms. The van der Waals surface area contributed by atoms with E-state index in [0.29, 0.717) is 11.4 Å². The monoisotopic (exact) mass is 245 g/mol. The van der Waals surface area contributed by atoms with Crippen molar-refractivity contribution >= 4 is 17.3 Å². The molecule has 1 amide bonds. The molecule has 0 saturated heterocycles. The number of nitrogens with zero attached hydrogens (tertiary/aromatic N) is 3. The van der Waals surface area contributed by atoms with E-state index in [0.717, 1.165) is 11.4 Å². The lowest BCUT2D eigenvalue weighted by Gasteiger charge is -2.04. The van der Waals surface area contributed by atoms with E-state index in [-0.39, 0.29) is 5.91 Å². The number of amides is 1. The van der Waals surface area contributed by atoms with Crippen LogP contribution in [-0.2, 0) is 7.05 Å². The molecular formula is C12H15N5O. The first-order chi connectivity index (χ1) is 8.60. The molecule has 0 aliphatic rings. The maximum atomic E-state index is 12.0. The maximum Gasteiger partial charge on any atom is 0.274 e. The molecule has 0 atom stereocenters. The summed E-state index contributed by atoms with van der Waals surface area (Å²) in [6.07, 6.45) is 3.35. The Bertz CT molecular complexity index is 576. The first kappa shape index (κ1) is 12.1. The van der Waals surface area contributed by atoms with Crippen LogP contribution in [0.2, 0.25) is 0 Å². The summed E-state index contributed by atoms with van der Waals surface area (Å²) in [7, 11) is 3.60. The second-order valence-corrected chi connectivity index (χ2v) is 3.94. The van der Waals surface area contributed by atoms with Crippen LogP contribution in [0.1, 0.15) is 16.2 Å². The highest BCUT2D eigenvalue weighted by atomic mass is 16.1. The topological polar surface area (TPSA) is 71.8 Å². The fourth-order valence-corrected chi connectivity index (χ4v) is 1.62. The number of pyridine rings is 1. The Kier molecular flexibility index (Phi) is 3.27. The second kappa shape index (κ2) is 4.87. The van der Waals surface area contributed by atoms with Gasteiger partial charge < -0.3 is 10.6 Å². The van der Waals surface area contributed by atoms with Crippen molar-refractivity contribution in [1.82, 2.24) is 14.8 Å². The van der Waals surface area contributed by atoms with Crippen LogP contribution in [0.4, 0.5) is 11.4 Å². The number of hydrogen-bond donors (Lipinski definition) is 2. The molecule has 2 aromatic rings. The molecule has 6 nitrogen and oxygen atoms in total. The lowest BCUT2D eigenvalue weighted by Crippen LogP contribution is -2.14. The Morgan fingerprint density at radius 2 is 2.22 bits per heavy atom. The summed E-state index contributed by atoms with van der Waals surface area (Å²) in [6.45, 7) is 1.84. The van der Waals surface area contributed by atoms with E-state index < -0.39 is 0 Å². The van der Waals surface area contributed by atoms with Gasteiger partial charge in [0.15, 0.2) is 0 Å². The van der Waals surface area contributed by atoms with Gasteiger partial charge in [-0.1, -0.05) is 0 Å². The molecule has 0 spiro atoms. The normalized spacial score (nSPS) is 10.2. The smallest absolute Gasteiger partial charge is 0.274 e. The lowest BCUT2D eigenvalue weighted by atomic mass is 10.3. The van der Waals surface area contributed by atoms with Crippen molar-refractivity contribution in [2.75, 3.05) is 17.7 Å². The number of aryl methyl sites for hydroxylation is 2. The fraction of sp³-hybridized carbons (Fsp3) is 0.250. The van der Waals surface area contributed by atoms with Crippen LogP contribution in [0.25, 0.3) is 0 Å². The zero-order chi connectivity index (χ0) is 13.1. The quantitative estimate of drug-likeness (QED) is 0.857. The standard InChI is InChI=1S/C12H15N5O/c1-8-11(7-17(3)16-8)15-12(18)10-6-9(13-2)4-5-14-10/h4-7H,1-3H3,(H,13,14)(H,15,18). The van der Waals surface area contributed by atoms with Crippen molar-refractivity contribution in [2.24, 2.45) is 7.05 Å². The minimum absolute atomic E-state index is 0.247. The second-order valence-electron chi connectivity index (χ2n) is 3.94. The number of nitrogens with one attached hydrogen (secondary N) is 2. The first-order valence-corrected chi connectivity index (χ1v) is 5.55. The van der Waals surface area contributed by atoms with Crippen LogP contribution in [-0.4, -0.2) is 27.7 Å². The molecule has 0 unspecified atom stereocenters. The van der Waals surface area contributed by atoms with E-state index in [4.69, 9.17) is 0 Å². The molecule has 2 N–H and O–H groups in total. The number of rotatable bonds is 3. The zero-order valence-corrected chi connectivity index (χ0v) is 10.6. The summed E-state index contributed by atoms with van der Waals surface area (Å²) in [5, 5.41) is 9.91. The van der Waals surface area contributed by atoms with Gasteiger partial charge in [0, 0.05) is 32.2 Å². The summed E-state index contributed by atoms with van der Waals surface area (Å²) in [4.78, 5) is 16.0. The van der Waals surface area contributed by atoms with Gasteiger partial charge in [0.1, 0.15) is 5.69 Å². The van der Waals surface area contributed by atoms with Crippen molar-refractivity contribution in [3.8, 4) is 0 Å². The van der Waals surface area contributed by atoms with Gasteiger partial charge in [-0.15, -0.1) is 0 Å². The SMILES string of the molecule is CNc1ccnc(C(=O)Nc2cn(C)nc2C)c1. The molecular weight excluding hydrogens is 230 g/mol. The van der Waals surface area contributed by atoms with Gasteiger partial charge in [0.05, 0.1) is 11.4 Å². The highest BCUT2D eigenvalue weighted by molar-refractivity contribution is 6.03. The molecule has 18 heavy (non-hydrogen) atoms. The molecule has 2 aromatic heterocycles. The van der Waals surface area contributed by atoms with Gasteiger partial charge in [-0.05, 0) is 19.1 Å². The van der Waals surface area contributed by atoms with Gasteiger partial charge in [-0.3, -0.25) is 14.5 Å². The van der Waals surface area contributed by atoms with Crippen LogP contribution in [0.3, 0.4) is 0 Å². The van der Waals surface area contributed by atoms with E-state index >= 15 is 0 Å². The third kappa shape index (κ3) is 2.48. The largest absolute Gasteiger partial charge is 0.388 e. The molecule has 2 rings (SSSR count). The average molecular weight is 245 g/mol. The number of carbonyl (C=O) groups excluding carboxylic acids is 1. The van der Waals surface area contributed by atoms with E-state index in [1.54, 1.807) is 36.3 Å². The highest BCUT2D eigenvalue weighted by Gasteiger charge is 2.11. The Labute approximate surface area is 105 Å². The van der Waals surface area contributed by atoms with E-state index in [1.165, 1.54) is 0 Å². The number of anilines is 2. The van der Waals surface area contributed by atoms with Crippen LogP contribution in [0.5, 0.6) is 0 Å². The van der Waals surface area contributed by atoms with E-state index in [9.17, 15) is 4.79 Å². The van der Waals surface area contributed by atoms with Crippen LogP contribution < -0.4 is 10.6 Å². The predicted octanol–water partition coefficient (Wildman–Crippen LogP) is 1.42. The number of aromatic nitrogens is 3. The fourth-order valence-electron chi connectivity index (χ4n) is 1.62. The zero-order valence-electron chi connectivity index (χ0n) is 10.6. The Balaban J connectivity index is 2.19. The predicted molar refractivity (Wildman–Crippen MR) is 69.7 cm³/mol. The summed E-state index contributed by atoms with van der Waals surface area (Å²) >= 11 is 0. The third-order valence-electron chi connectivity index (χ3n) is 2.54. The highest BCUT2D eigenvalue weighted by Crippen LogP contribution is 2.14. The van der Waals surface area contributed by atoms with Crippen molar-refractivity contribution in [3.63, 3.8) is 0 Å². The first-order valence-electron chi connectivity index (χ1n) is 5.55. The molecule has 0 aromatic carbocycles. The lowest BCUT2D eigenvalue weighted by molar-refractivity contribution is 0.102. The molecule has 0 radical (unpaired) electrons. The van der Waals surface area contributed by atoms with Crippen molar-refractivity contribution < 1.29 is 4.79 Å². The molecule has 2 heterocycles. The summed E-state index contributed by atoms with van der Waals surface area (Å²) in [6, 6.07) is 3.49. The van der Waals surface area contributed by atoms with Crippen molar-refractivity contribution in [3.05, 3.63) is 35.9 Å². The Morgan fingerprint density at radius 1 is 1.44 bits per heavy atom. The summed E-state index contributed by atoms with van der Waals surface area (Å²) in [5.41, 5.74) is 2.68. The number of carbonyl (C=O) groups is 1. The molecule has 6 heteroatoms. The van der Waals surface area contributed by atoms with E-state index in [2.05, 4.69) is 20.7 Å². The molecule has 0 saturated carbocycles. The summed E-state index contributed by atoms with van der Waals surface area (Å²) in [5.74, 6) is -0.247. The molecule has 94 valence electrons. The molecule has 0 aliphatic heterocycles. The third-order valence-corrected chi connectivity index (χ3v) is 2.54. The van der Waals surface area contributed by atoms with Gasteiger partial charge in [-0.2, -0.15) is 5.10 Å². The number of hydrogen-bond acceptors (Lipinski definition) is 4. The van der Waals surface area contributed by atoms with E-state index in [1.807, 2.05) is 14.0 Å². The molecule has 0 aliphatic carbocycles. The van der Waals surface area contributed by atoms with Crippen molar-refractivity contribution in [1.29, 1.82) is 0 Å². The minimum Gasteiger partial charge on any atom is -0.388 e. The molecule has 0 fully saturated rings. The average Bonchev–Trinajstić information content (AvgIpc) is 2.68. The van der Waals surface area contributed by atoms with Crippen LogP contribution >= 0.6 is 0 Å². The minimum atomic E-state index is -0.247. The van der Waals surface area contributed by atoms with Gasteiger partial charge in [0.25, 0.3) is 5.91 Å². The Morgan fingerprint density at radius 3 is 2.83 bits per heavy atom. The Hall–Kier alpha value is -2.37. The van der Waals surface area contributed by atoms with Crippen LogP contribution in [0, 0.1) is 6.92 Å².